The lowest BCUT2D eigenvalue weighted by atomic mass is 10.2. The zero-order chi connectivity index (χ0) is 14.3. The Balaban J connectivity index is 1.52. The van der Waals surface area contributed by atoms with Crippen molar-refractivity contribution in [2.24, 2.45) is 0 Å². The Morgan fingerprint density at radius 1 is 1.24 bits per heavy atom. The third-order valence-corrected chi connectivity index (χ3v) is 4.35. The second kappa shape index (κ2) is 7.43. The maximum absolute atomic E-state index is 5.59. The summed E-state index contributed by atoms with van der Waals surface area (Å²) in [6, 6.07) is 10.4. The van der Waals surface area contributed by atoms with E-state index in [1.165, 1.54) is 5.56 Å². The van der Waals surface area contributed by atoms with E-state index < -0.39 is 0 Å². The van der Waals surface area contributed by atoms with Gasteiger partial charge in [-0.2, -0.15) is 0 Å². The number of benzene rings is 1. The van der Waals surface area contributed by atoms with E-state index in [9.17, 15) is 0 Å². The summed E-state index contributed by atoms with van der Waals surface area (Å²) in [5.41, 5.74) is 1.29. The lowest BCUT2D eigenvalue weighted by Gasteiger charge is -2.11. The Morgan fingerprint density at radius 2 is 2.14 bits per heavy atom. The number of nitrogens with one attached hydrogen (secondary N) is 1. The molecule has 110 valence electrons. The van der Waals surface area contributed by atoms with Crippen molar-refractivity contribution >= 4 is 17.6 Å². The van der Waals surface area contributed by atoms with E-state index in [0.29, 0.717) is 6.10 Å². The van der Waals surface area contributed by atoms with Gasteiger partial charge in [0, 0.05) is 18.9 Å². The fourth-order valence-corrected chi connectivity index (χ4v) is 3.06. The molecule has 21 heavy (non-hydrogen) atoms. The van der Waals surface area contributed by atoms with Gasteiger partial charge in [0.15, 0.2) is 0 Å². The number of ether oxygens (including phenoxy) is 1. The minimum absolute atomic E-state index is 0.312. The molecule has 1 aromatic heterocycles. The molecule has 1 fully saturated rings. The summed E-state index contributed by atoms with van der Waals surface area (Å²) in [5.74, 6) is 1.73. The normalized spacial score (nSPS) is 17.8. The highest BCUT2D eigenvalue weighted by atomic mass is 32.2. The van der Waals surface area contributed by atoms with Crippen LogP contribution in [0, 0.1) is 0 Å². The summed E-state index contributed by atoms with van der Waals surface area (Å²) in [5, 5.41) is 4.25. The number of thioether (sulfide) groups is 1. The van der Waals surface area contributed by atoms with Crippen LogP contribution in [0.5, 0.6) is 0 Å². The van der Waals surface area contributed by atoms with Gasteiger partial charge in [0.1, 0.15) is 10.8 Å². The molecule has 4 nitrogen and oxygen atoms in total. The van der Waals surface area contributed by atoms with Gasteiger partial charge in [-0.05, 0) is 18.4 Å². The van der Waals surface area contributed by atoms with Crippen LogP contribution in [0.25, 0.3) is 0 Å². The van der Waals surface area contributed by atoms with Gasteiger partial charge < -0.3 is 10.1 Å². The molecule has 1 aromatic carbocycles. The molecule has 1 saturated heterocycles. The van der Waals surface area contributed by atoms with Gasteiger partial charge in [-0.3, -0.25) is 4.98 Å². The number of hydrogen-bond donors (Lipinski definition) is 1. The van der Waals surface area contributed by atoms with Crippen LogP contribution in [-0.2, 0) is 10.5 Å². The number of rotatable bonds is 6. The zero-order valence-corrected chi connectivity index (χ0v) is 12.7. The van der Waals surface area contributed by atoms with Crippen molar-refractivity contribution in [2.45, 2.75) is 29.7 Å². The molecule has 1 N–H and O–H groups in total. The highest BCUT2D eigenvalue weighted by Gasteiger charge is 2.15. The van der Waals surface area contributed by atoms with E-state index in [1.54, 1.807) is 18.0 Å². The second-order valence-corrected chi connectivity index (χ2v) is 6.03. The van der Waals surface area contributed by atoms with Crippen molar-refractivity contribution in [3.63, 3.8) is 0 Å². The lowest BCUT2D eigenvalue weighted by Crippen LogP contribution is -2.19. The lowest BCUT2D eigenvalue weighted by molar-refractivity contribution is 0.120. The van der Waals surface area contributed by atoms with E-state index in [2.05, 4.69) is 39.6 Å². The summed E-state index contributed by atoms with van der Waals surface area (Å²) in [6.07, 6.45) is 6.17. The van der Waals surface area contributed by atoms with Gasteiger partial charge in [0.05, 0.1) is 18.5 Å². The number of hydrogen-bond acceptors (Lipinski definition) is 5. The molecule has 1 atom stereocenters. The van der Waals surface area contributed by atoms with Gasteiger partial charge in [-0.15, -0.1) is 11.8 Å². The third-order valence-electron chi connectivity index (χ3n) is 3.38. The molecule has 3 rings (SSSR count). The quantitative estimate of drug-likeness (QED) is 0.829. The van der Waals surface area contributed by atoms with Crippen LogP contribution >= 0.6 is 11.8 Å². The Labute approximate surface area is 129 Å². The van der Waals surface area contributed by atoms with Crippen molar-refractivity contribution in [3.05, 3.63) is 48.3 Å². The average molecular weight is 301 g/mol. The monoisotopic (exact) mass is 301 g/mol. The summed E-state index contributed by atoms with van der Waals surface area (Å²) < 4.78 is 5.59. The summed E-state index contributed by atoms with van der Waals surface area (Å²) in [6.45, 7) is 1.69. The molecule has 0 saturated carbocycles. The summed E-state index contributed by atoms with van der Waals surface area (Å²) in [4.78, 5) is 8.84. The minimum Gasteiger partial charge on any atom is -0.376 e. The first kappa shape index (κ1) is 14.4. The Morgan fingerprint density at radius 3 is 2.95 bits per heavy atom. The van der Waals surface area contributed by atoms with Gasteiger partial charge in [-0.25, -0.2) is 4.98 Å². The van der Waals surface area contributed by atoms with Crippen molar-refractivity contribution in [3.8, 4) is 0 Å². The van der Waals surface area contributed by atoms with Crippen molar-refractivity contribution < 1.29 is 4.74 Å². The van der Waals surface area contributed by atoms with Crippen LogP contribution in [0.3, 0.4) is 0 Å². The van der Waals surface area contributed by atoms with E-state index in [1.807, 2.05) is 12.3 Å². The van der Waals surface area contributed by atoms with E-state index in [0.717, 1.165) is 42.6 Å². The number of nitrogens with zero attached hydrogens (tertiary/aromatic N) is 2. The van der Waals surface area contributed by atoms with Gasteiger partial charge in [-0.1, -0.05) is 30.3 Å². The standard InChI is InChI=1S/C16H19N3OS/c1-2-5-13(6-3-1)12-21-16-11-17-10-15(19-16)18-9-14-7-4-8-20-14/h1-3,5-6,10-11,14H,4,7-9,12H2,(H,18,19). The molecular weight excluding hydrogens is 282 g/mol. The van der Waals surface area contributed by atoms with Crippen LogP contribution in [0.4, 0.5) is 5.82 Å². The molecule has 1 aliphatic rings. The molecule has 0 bridgehead atoms. The van der Waals surface area contributed by atoms with E-state index >= 15 is 0 Å². The third kappa shape index (κ3) is 4.44. The molecule has 1 aliphatic heterocycles. The molecule has 0 aliphatic carbocycles. The summed E-state index contributed by atoms with van der Waals surface area (Å²) >= 11 is 1.70. The highest BCUT2D eigenvalue weighted by molar-refractivity contribution is 7.98. The Hall–Kier alpha value is -1.59. The maximum Gasteiger partial charge on any atom is 0.145 e. The SMILES string of the molecule is c1ccc(CSc2cncc(NCC3CCCO3)n2)cc1. The molecular formula is C16H19N3OS. The van der Waals surface area contributed by atoms with Crippen molar-refractivity contribution in [1.29, 1.82) is 0 Å². The van der Waals surface area contributed by atoms with Crippen LogP contribution in [0.15, 0.2) is 47.8 Å². The topological polar surface area (TPSA) is 47.0 Å². The predicted octanol–water partition coefficient (Wildman–Crippen LogP) is 3.36. The van der Waals surface area contributed by atoms with E-state index in [4.69, 9.17) is 4.74 Å². The van der Waals surface area contributed by atoms with Crippen LogP contribution in [-0.4, -0.2) is 29.2 Å². The van der Waals surface area contributed by atoms with Crippen LogP contribution in [0.2, 0.25) is 0 Å². The van der Waals surface area contributed by atoms with Crippen LogP contribution < -0.4 is 5.32 Å². The fraction of sp³-hybridized carbons (Fsp3) is 0.375. The van der Waals surface area contributed by atoms with Crippen LogP contribution in [0.1, 0.15) is 18.4 Å². The molecule has 0 radical (unpaired) electrons. The van der Waals surface area contributed by atoms with Crippen molar-refractivity contribution in [1.82, 2.24) is 9.97 Å². The van der Waals surface area contributed by atoms with Gasteiger partial charge >= 0.3 is 0 Å². The first-order chi connectivity index (χ1) is 10.4. The molecule has 0 spiro atoms. The first-order valence-corrected chi connectivity index (χ1v) is 8.23. The fourth-order valence-electron chi connectivity index (χ4n) is 2.26. The summed E-state index contributed by atoms with van der Waals surface area (Å²) in [7, 11) is 0. The first-order valence-electron chi connectivity index (χ1n) is 7.24. The predicted molar refractivity (Wildman–Crippen MR) is 85.5 cm³/mol. The average Bonchev–Trinajstić information content (AvgIpc) is 3.06. The molecule has 2 heterocycles. The zero-order valence-electron chi connectivity index (χ0n) is 11.9. The molecule has 1 unspecified atom stereocenters. The van der Waals surface area contributed by atoms with Crippen molar-refractivity contribution in [2.75, 3.05) is 18.5 Å². The maximum atomic E-state index is 5.59. The molecule has 0 amide bonds. The number of aromatic nitrogens is 2. The second-order valence-electron chi connectivity index (χ2n) is 5.03. The highest BCUT2D eigenvalue weighted by Crippen LogP contribution is 2.21. The minimum atomic E-state index is 0.312. The molecule has 2 aromatic rings. The molecule has 5 heteroatoms. The largest absolute Gasteiger partial charge is 0.376 e. The Kier molecular flexibility index (Phi) is 5.08. The Bertz CT molecular complexity index is 558. The smallest absolute Gasteiger partial charge is 0.145 e. The number of anilines is 1. The van der Waals surface area contributed by atoms with Gasteiger partial charge in [0.25, 0.3) is 0 Å². The van der Waals surface area contributed by atoms with E-state index in [-0.39, 0.29) is 0 Å². The van der Waals surface area contributed by atoms with Gasteiger partial charge in [0.2, 0.25) is 0 Å².